The standard InChI is InChI=1S/C17H13ClF6N2O3S/c1-10(25-29-9-11-3-2-4-12(7-11)16(19,20)21)14-8-13(18)5-6-15(14)26-30(27,28)17(22,23)24/h2-8,26H,9H2,1H3. The predicted octanol–water partition coefficient (Wildman–Crippen LogP) is 5.56. The SMILES string of the molecule is CC(=NOCc1cccc(C(F)(F)F)c1)c1cc(Cl)ccc1NS(=O)(=O)C(F)(F)F. The molecule has 1 N–H and O–H groups in total. The van der Waals surface area contributed by atoms with Crippen molar-refractivity contribution in [1.82, 2.24) is 0 Å². The van der Waals surface area contributed by atoms with E-state index in [0.717, 1.165) is 30.3 Å². The molecule has 2 aromatic rings. The smallest absolute Gasteiger partial charge is 0.391 e. The third-order valence-corrected chi connectivity index (χ3v) is 4.94. The number of alkyl halides is 6. The van der Waals surface area contributed by atoms with Gasteiger partial charge in [-0.3, -0.25) is 4.72 Å². The van der Waals surface area contributed by atoms with Gasteiger partial charge in [0, 0.05) is 10.6 Å². The van der Waals surface area contributed by atoms with Crippen molar-refractivity contribution in [2.24, 2.45) is 5.16 Å². The first kappa shape index (κ1) is 23.8. The van der Waals surface area contributed by atoms with Crippen LogP contribution in [0, 0.1) is 0 Å². The number of hydrogen-bond donors (Lipinski definition) is 1. The van der Waals surface area contributed by atoms with Crippen molar-refractivity contribution in [3.8, 4) is 0 Å². The van der Waals surface area contributed by atoms with E-state index in [4.69, 9.17) is 16.4 Å². The third-order valence-electron chi connectivity index (χ3n) is 3.61. The number of oxime groups is 1. The van der Waals surface area contributed by atoms with Crippen LogP contribution in [0.3, 0.4) is 0 Å². The van der Waals surface area contributed by atoms with Crippen LogP contribution in [0.25, 0.3) is 0 Å². The Bertz CT molecular complexity index is 1050. The van der Waals surface area contributed by atoms with E-state index in [-0.39, 0.29) is 28.5 Å². The van der Waals surface area contributed by atoms with Crippen LogP contribution in [-0.2, 0) is 27.6 Å². The Hall–Kier alpha value is -2.47. The Kier molecular flexibility index (Phi) is 6.92. The van der Waals surface area contributed by atoms with Crippen LogP contribution in [0.2, 0.25) is 5.02 Å². The van der Waals surface area contributed by atoms with Crippen LogP contribution in [0.15, 0.2) is 47.6 Å². The largest absolute Gasteiger partial charge is 0.516 e. The molecule has 30 heavy (non-hydrogen) atoms. The summed E-state index contributed by atoms with van der Waals surface area (Å²) in [4.78, 5) is 4.97. The first-order valence-corrected chi connectivity index (χ1v) is 9.78. The number of sulfonamides is 1. The van der Waals surface area contributed by atoms with Crippen molar-refractivity contribution in [1.29, 1.82) is 0 Å². The zero-order chi connectivity index (χ0) is 22.7. The highest BCUT2D eigenvalue weighted by Gasteiger charge is 2.46. The van der Waals surface area contributed by atoms with Gasteiger partial charge in [-0.1, -0.05) is 28.9 Å². The molecule has 13 heteroatoms. The second kappa shape index (κ2) is 8.72. The summed E-state index contributed by atoms with van der Waals surface area (Å²) in [5.74, 6) is 0. The summed E-state index contributed by atoms with van der Waals surface area (Å²) in [7, 11) is -5.70. The molecule has 0 bridgehead atoms. The monoisotopic (exact) mass is 474 g/mol. The first-order valence-electron chi connectivity index (χ1n) is 7.92. The summed E-state index contributed by atoms with van der Waals surface area (Å²) >= 11 is 5.81. The molecule has 0 aliphatic rings. The molecule has 2 rings (SSSR count). The average molecular weight is 475 g/mol. The van der Waals surface area contributed by atoms with Crippen LogP contribution in [0.1, 0.15) is 23.6 Å². The van der Waals surface area contributed by atoms with Crippen molar-refractivity contribution >= 4 is 33.0 Å². The fourth-order valence-electron chi connectivity index (χ4n) is 2.20. The number of nitrogens with one attached hydrogen (secondary N) is 1. The second-order valence-electron chi connectivity index (χ2n) is 5.89. The van der Waals surface area contributed by atoms with Crippen LogP contribution in [-0.4, -0.2) is 19.6 Å². The molecule has 0 aliphatic heterocycles. The maximum Gasteiger partial charge on any atom is 0.516 e. The third kappa shape index (κ3) is 6.02. The lowest BCUT2D eigenvalue weighted by molar-refractivity contribution is -0.137. The number of anilines is 1. The van der Waals surface area contributed by atoms with Crippen LogP contribution >= 0.6 is 11.6 Å². The number of halogens is 7. The first-order chi connectivity index (χ1) is 13.7. The lowest BCUT2D eigenvalue weighted by Crippen LogP contribution is -2.30. The van der Waals surface area contributed by atoms with Gasteiger partial charge in [0.15, 0.2) is 0 Å². The topological polar surface area (TPSA) is 67.8 Å². The Morgan fingerprint density at radius 3 is 2.37 bits per heavy atom. The zero-order valence-corrected chi connectivity index (χ0v) is 16.5. The molecule has 5 nitrogen and oxygen atoms in total. The van der Waals surface area contributed by atoms with E-state index in [1.807, 2.05) is 0 Å². The van der Waals surface area contributed by atoms with Crippen LogP contribution < -0.4 is 4.72 Å². The molecular weight excluding hydrogens is 462 g/mol. The lowest BCUT2D eigenvalue weighted by atomic mass is 10.1. The summed E-state index contributed by atoms with van der Waals surface area (Å²) < 4.78 is 100. The maximum atomic E-state index is 12.7. The minimum absolute atomic E-state index is 0.0654. The Balaban J connectivity index is 2.23. The van der Waals surface area contributed by atoms with Crippen molar-refractivity contribution in [2.45, 2.75) is 25.2 Å². The summed E-state index contributed by atoms with van der Waals surface area (Å²) in [6.45, 7) is 0.925. The number of hydrogen-bond acceptors (Lipinski definition) is 4. The fraction of sp³-hybridized carbons (Fsp3) is 0.235. The fourth-order valence-corrected chi connectivity index (χ4v) is 2.95. The number of rotatable bonds is 6. The molecular formula is C17H13ClF6N2O3S. The van der Waals surface area contributed by atoms with E-state index >= 15 is 0 Å². The molecule has 2 aromatic carbocycles. The molecule has 0 spiro atoms. The molecule has 0 heterocycles. The molecule has 0 fully saturated rings. The molecule has 0 radical (unpaired) electrons. The van der Waals surface area contributed by atoms with Gasteiger partial charge in [-0.2, -0.15) is 34.8 Å². The number of benzene rings is 2. The van der Waals surface area contributed by atoms with E-state index in [9.17, 15) is 34.8 Å². The Morgan fingerprint density at radius 2 is 1.77 bits per heavy atom. The van der Waals surface area contributed by atoms with Crippen molar-refractivity contribution in [2.75, 3.05) is 4.72 Å². The van der Waals surface area contributed by atoms with Crippen LogP contribution in [0.5, 0.6) is 0 Å². The maximum absolute atomic E-state index is 12.7. The molecule has 0 aromatic heterocycles. The van der Waals surface area contributed by atoms with E-state index in [0.29, 0.717) is 0 Å². The molecule has 164 valence electrons. The molecule has 0 saturated carbocycles. The highest BCUT2D eigenvalue weighted by Crippen LogP contribution is 2.30. The minimum atomic E-state index is -5.70. The molecule has 0 atom stereocenters. The van der Waals surface area contributed by atoms with Gasteiger partial charge < -0.3 is 4.84 Å². The lowest BCUT2D eigenvalue weighted by Gasteiger charge is -2.14. The van der Waals surface area contributed by atoms with Gasteiger partial charge in [-0.05, 0) is 42.8 Å². The Labute approximate surface area is 172 Å². The average Bonchev–Trinajstić information content (AvgIpc) is 2.61. The van der Waals surface area contributed by atoms with Gasteiger partial charge in [-0.25, -0.2) is 0 Å². The van der Waals surface area contributed by atoms with E-state index in [1.54, 1.807) is 0 Å². The molecule has 0 amide bonds. The van der Waals surface area contributed by atoms with Gasteiger partial charge in [0.05, 0.1) is 17.0 Å². The van der Waals surface area contributed by atoms with Gasteiger partial charge >= 0.3 is 21.7 Å². The van der Waals surface area contributed by atoms with Gasteiger partial charge in [-0.15, -0.1) is 0 Å². The summed E-state index contributed by atoms with van der Waals surface area (Å²) in [6.07, 6.45) is -4.54. The van der Waals surface area contributed by atoms with Gasteiger partial charge in [0.25, 0.3) is 0 Å². The zero-order valence-electron chi connectivity index (χ0n) is 15.0. The summed E-state index contributed by atoms with van der Waals surface area (Å²) in [6, 6.07) is 7.60. The van der Waals surface area contributed by atoms with Gasteiger partial charge in [0.2, 0.25) is 0 Å². The highest BCUT2D eigenvalue weighted by molar-refractivity contribution is 7.93. The number of nitrogens with zero attached hydrogens (tertiary/aromatic N) is 1. The van der Waals surface area contributed by atoms with E-state index in [2.05, 4.69) is 5.16 Å². The highest BCUT2D eigenvalue weighted by atomic mass is 35.5. The molecule has 0 unspecified atom stereocenters. The summed E-state index contributed by atoms with van der Waals surface area (Å²) in [5, 5.41) is 3.71. The Morgan fingerprint density at radius 1 is 1.10 bits per heavy atom. The predicted molar refractivity (Wildman–Crippen MR) is 98.5 cm³/mol. The minimum Gasteiger partial charge on any atom is -0.391 e. The normalized spacial score (nSPS) is 13.3. The van der Waals surface area contributed by atoms with E-state index in [1.165, 1.54) is 23.8 Å². The van der Waals surface area contributed by atoms with Crippen LogP contribution in [0.4, 0.5) is 32.0 Å². The molecule has 0 aliphatic carbocycles. The van der Waals surface area contributed by atoms with Crippen molar-refractivity contribution < 1.29 is 39.6 Å². The van der Waals surface area contributed by atoms with Crippen molar-refractivity contribution in [3.63, 3.8) is 0 Å². The van der Waals surface area contributed by atoms with E-state index < -0.39 is 33.0 Å². The quantitative estimate of drug-likeness (QED) is 0.338. The molecule has 0 saturated heterocycles. The van der Waals surface area contributed by atoms with Gasteiger partial charge in [0.1, 0.15) is 6.61 Å². The second-order valence-corrected chi connectivity index (χ2v) is 8.00. The van der Waals surface area contributed by atoms with Crippen molar-refractivity contribution in [3.05, 3.63) is 64.2 Å². The summed E-state index contributed by atoms with van der Waals surface area (Å²) in [5.41, 5.74) is -6.92.